The Bertz CT molecular complexity index is 809. The molecule has 1 atom stereocenters. The van der Waals surface area contributed by atoms with Crippen molar-refractivity contribution >= 4 is 17.7 Å². The second-order valence-electron chi connectivity index (χ2n) is 5.25. The number of hydrogen-bond acceptors (Lipinski definition) is 4. The molecule has 0 bridgehead atoms. The number of carbonyl (C=O) groups is 1. The molecular weight excluding hydrogens is 318 g/mol. The molecular formula is C19H17N3OS. The van der Waals surface area contributed by atoms with E-state index in [4.69, 9.17) is 0 Å². The molecule has 3 aromatic rings. The number of nitrogens with zero attached hydrogens (tertiary/aromatic N) is 2. The van der Waals surface area contributed by atoms with Gasteiger partial charge in [0, 0.05) is 23.5 Å². The lowest BCUT2D eigenvalue weighted by Crippen LogP contribution is -2.27. The Morgan fingerprint density at radius 1 is 1.04 bits per heavy atom. The van der Waals surface area contributed by atoms with E-state index in [9.17, 15) is 4.79 Å². The van der Waals surface area contributed by atoms with E-state index in [0.717, 1.165) is 10.5 Å². The number of hydrogen-bond donors (Lipinski definition) is 1. The van der Waals surface area contributed by atoms with E-state index in [-0.39, 0.29) is 11.9 Å². The van der Waals surface area contributed by atoms with Crippen molar-refractivity contribution in [1.29, 1.82) is 0 Å². The summed E-state index contributed by atoms with van der Waals surface area (Å²) in [5, 5.41) is 3.70. The van der Waals surface area contributed by atoms with Gasteiger partial charge in [0.2, 0.25) is 0 Å². The monoisotopic (exact) mass is 335 g/mol. The predicted molar refractivity (Wildman–Crippen MR) is 94.9 cm³/mol. The zero-order valence-corrected chi connectivity index (χ0v) is 14.0. The molecule has 0 aliphatic heterocycles. The number of pyridine rings is 2. The quantitative estimate of drug-likeness (QED) is 0.762. The van der Waals surface area contributed by atoms with Gasteiger partial charge in [0.15, 0.2) is 0 Å². The lowest BCUT2D eigenvalue weighted by molar-refractivity contribution is 0.0936. The van der Waals surface area contributed by atoms with Crippen molar-refractivity contribution in [3.63, 3.8) is 0 Å². The first-order valence-electron chi connectivity index (χ1n) is 7.63. The Morgan fingerprint density at radius 3 is 2.58 bits per heavy atom. The third kappa shape index (κ3) is 4.00. The Labute approximate surface area is 145 Å². The molecule has 4 nitrogen and oxygen atoms in total. The molecule has 2 aromatic heterocycles. The van der Waals surface area contributed by atoms with Gasteiger partial charge < -0.3 is 5.32 Å². The van der Waals surface area contributed by atoms with Crippen LogP contribution in [0.2, 0.25) is 0 Å². The maximum absolute atomic E-state index is 12.7. The van der Waals surface area contributed by atoms with Crippen LogP contribution in [0, 0.1) is 0 Å². The SMILES string of the molecule is CC(NC(=O)c1cccnc1Sc1ccccc1)c1cccnc1. The van der Waals surface area contributed by atoms with Crippen LogP contribution in [-0.2, 0) is 0 Å². The standard InChI is InChI=1S/C19H17N3OS/c1-14(15-7-5-11-20-13-15)22-18(23)17-10-6-12-21-19(17)24-16-8-3-2-4-9-16/h2-14H,1H3,(H,22,23). The summed E-state index contributed by atoms with van der Waals surface area (Å²) in [6, 6.07) is 17.2. The summed E-state index contributed by atoms with van der Waals surface area (Å²) < 4.78 is 0. The maximum atomic E-state index is 12.7. The zero-order valence-electron chi connectivity index (χ0n) is 13.2. The first-order valence-corrected chi connectivity index (χ1v) is 8.44. The summed E-state index contributed by atoms with van der Waals surface area (Å²) in [5.41, 5.74) is 1.54. The molecule has 5 heteroatoms. The fourth-order valence-corrected chi connectivity index (χ4v) is 3.14. The maximum Gasteiger partial charge on any atom is 0.254 e. The van der Waals surface area contributed by atoms with Crippen molar-refractivity contribution in [3.05, 3.63) is 84.3 Å². The van der Waals surface area contributed by atoms with Gasteiger partial charge in [-0.15, -0.1) is 0 Å². The summed E-state index contributed by atoms with van der Waals surface area (Å²) >= 11 is 1.48. The molecule has 24 heavy (non-hydrogen) atoms. The van der Waals surface area contributed by atoms with Crippen LogP contribution < -0.4 is 5.32 Å². The van der Waals surface area contributed by atoms with Crippen molar-refractivity contribution in [2.45, 2.75) is 22.9 Å². The minimum absolute atomic E-state index is 0.124. The molecule has 1 unspecified atom stereocenters. The van der Waals surface area contributed by atoms with Gasteiger partial charge in [-0.2, -0.15) is 0 Å². The molecule has 120 valence electrons. The fraction of sp³-hybridized carbons (Fsp3) is 0.105. The summed E-state index contributed by atoms with van der Waals surface area (Å²) in [5.74, 6) is -0.141. The van der Waals surface area contributed by atoms with E-state index in [1.54, 1.807) is 30.7 Å². The second kappa shape index (κ2) is 7.75. The average molecular weight is 335 g/mol. The van der Waals surface area contributed by atoms with Crippen LogP contribution >= 0.6 is 11.8 Å². The van der Waals surface area contributed by atoms with Crippen LogP contribution in [0.5, 0.6) is 0 Å². The zero-order chi connectivity index (χ0) is 16.8. The van der Waals surface area contributed by atoms with Crippen molar-refractivity contribution in [1.82, 2.24) is 15.3 Å². The minimum atomic E-state index is -0.141. The lowest BCUT2D eigenvalue weighted by atomic mass is 10.1. The molecule has 1 aromatic carbocycles. The van der Waals surface area contributed by atoms with Gasteiger partial charge in [0.25, 0.3) is 5.91 Å². The van der Waals surface area contributed by atoms with Gasteiger partial charge in [-0.25, -0.2) is 4.98 Å². The molecule has 0 aliphatic carbocycles. The number of benzene rings is 1. The third-order valence-corrected chi connectivity index (χ3v) is 4.53. The number of rotatable bonds is 5. The number of carbonyl (C=O) groups excluding carboxylic acids is 1. The van der Waals surface area contributed by atoms with E-state index in [1.165, 1.54) is 11.8 Å². The summed E-state index contributed by atoms with van der Waals surface area (Å²) in [6.45, 7) is 1.94. The normalized spacial score (nSPS) is 11.7. The molecule has 0 saturated heterocycles. The molecule has 0 aliphatic rings. The molecule has 3 rings (SSSR count). The Kier molecular flexibility index (Phi) is 5.23. The number of aromatic nitrogens is 2. The van der Waals surface area contributed by atoms with E-state index in [1.807, 2.05) is 49.4 Å². The van der Waals surface area contributed by atoms with Crippen LogP contribution in [0.1, 0.15) is 28.9 Å². The van der Waals surface area contributed by atoms with Gasteiger partial charge in [-0.3, -0.25) is 9.78 Å². The summed E-state index contributed by atoms with van der Waals surface area (Å²) in [7, 11) is 0. The van der Waals surface area contributed by atoms with Crippen LogP contribution in [0.15, 0.2) is 83.1 Å². The van der Waals surface area contributed by atoms with Crippen LogP contribution in [0.25, 0.3) is 0 Å². The highest BCUT2D eigenvalue weighted by atomic mass is 32.2. The summed E-state index contributed by atoms with van der Waals surface area (Å²) in [6.07, 6.45) is 5.17. The van der Waals surface area contributed by atoms with Gasteiger partial charge in [-0.1, -0.05) is 36.0 Å². The molecule has 0 fully saturated rings. The Balaban J connectivity index is 1.78. The minimum Gasteiger partial charge on any atom is -0.345 e. The highest BCUT2D eigenvalue weighted by Gasteiger charge is 2.16. The van der Waals surface area contributed by atoms with Gasteiger partial charge >= 0.3 is 0 Å². The van der Waals surface area contributed by atoms with E-state index < -0.39 is 0 Å². The smallest absolute Gasteiger partial charge is 0.254 e. The first-order chi connectivity index (χ1) is 11.7. The largest absolute Gasteiger partial charge is 0.345 e. The van der Waals surface area contributed by atoms with Crippen molar-refractivity contribution in [2.24, 2.45) is 0 Å². The average Bonchev–Trinajstić information content (AvgIpc) is 2.63. The van der Waals surface area contributed by atoms with E-state index in [0.29, 0.717) is 10.6 Å². The lowest BCUT2D eigenvalue weighted by Gasteiger charge is -2.15. The molecule has 0 spiro atoms. The molecule has 1 amide bonds. The summed E-state index contributed by atoms with van der Waals surface area (Å²) in [4.78, 5) is 22.2. The van der Waals surface area contributed by atoms with Crippen molar-refractivity contribution in [2.75, 3.05) is 0 Å². The fourth-order valence-electron chi connectivity index (χ4n) is 2.23. The topological polar surface area (TPSA) is 54.9 Å². The van der Waals surface area contributed by atoms with Crippen LogP contribution in [-0.4, -0.2) is 15.9 Å². The van der Waals surface area contributed by atoms with Crippen LogP contribution in [0.4, 0.5) is 0 Å². The van der Waals surface area contributed by atoms with Gasteiger partial charge in [0.05, 0.1) is 11.6 Å². The third-order valence-electron chi connectivity index (χ3n) is 3.51. The van der Waals surface area contributed by atoms with Crippen LogP contribution in [0.3, 0.4) is 0 Å². The van der Waals surface area contributed by atoms with Gasteiger partial charge in [0.1, 0.15) is 5.03 Å². The predicted octanol–water partition coefficient (Wildman–Crippen LogP) is 4.12. The highest BCUT2D eigenvalue weighted by molar-refractivity contribution is 7.99. The second-order valence-corrected chi connectivity index (χ2v) is 6.31. The van der Waals surface area contributed by atoms with Gasteiger partial charge in [-0.05, 0) is 42.8 Å². The molecule has 2 heterocycles. The number of nitrogens with one attached hydrogen (secondary N) is 1. The Hall–Kier alpha value is -2.66. The molecule has 1 N–H and O–H groups in total. The van der Waals surface area contributed by atoms with Crippen molar-refractivity contribution < 1.29 is 4.79 Å². The molecule has 0 radical (unpaired) electrons. The first kappa shape index (κ1) is 16.2. The highest BCUT2D eigenvalue weighted by Crippen LogP contribution is 2.28. The Morgan fingerprint density at radius 2 is 1.83 bits per heavy atom. The number of amides is 1. The van der Waals surface area contributed by atoms with E-state index in [2.05, 4.69) is 15.3 Å². The van der Waals surface area contributed by atoms with E-state index >= 15 is 0 Å². The molecule has 0 saturated carbocycles. The van der Waals surface area contributed by atoms with Crippen molar-refractivity contribution in [3.8, 4) is 0 Å².